The van der Waals surface area contributed by atoms with E-state index in [0.29, 0.717) is 17.9 Å². The van der Waals surface area contributed by atoms with Gasteiger partial charge in [-0.1, -0.05) is 6.07 Å². The van der Waals surface area contributed by atoms with Gasteiger partial charge in [-0.05, 0) is 12.1 Å². The number of rotatable bonds is 4. The Kier molecular flexibility index (Phi) is 4.68. The lowest BCUT2D eigenvalue weighted by Gasteiger charge is -2.34. The lowest BCUT2D eigenvalue weighted by molar-refractivity contribution is 0.188. The number of anilines is 1. The van der Waals surface area contributed by atoms with Crippen LogP contribution in [0.3, 0.4) is 0 Å². The number of aromatic nitrogens is 5. The quantitative estimate of drug-likeness (QED) is 0.536. The molecule has 1 aliphatic rings. The van der Waals surface area contributed by atoms with E-state index in [9.17, 15) is 4.79 Å². The smallest absolute Gasteiger partial charge is 0.258 e. The highest BCUT2D eigenvalue weighted by atomic mass is 16.3. The minimum absolute atomic E-state index is 0.135. The molecule has 0 bridgehead atoms. The molecule has 154 valence electrons. The van der Waals surface area contributed by atoms with Crippen molar-refractivity contribution in [2.24, 2.45) is 7.05 Å². The summed E-state index contributed by atoms with van der Waals surface area (Å²) in [6.07, 6.45) is 5.37. The van der Waals surface area contributed by atoms with Crippen molar-refractivity contribution in [3.05, 3.63) is 53.2 Å². The molecule has 0 saturated carbocycles. The van der Waals surface area contributed by atoms with Crippen LogP contribution in [-0.4, -0.2) is 73.5 Å². The predicted octanol–water partition coefficient (Wildman–Crippen LogP) is 0.757. The maximum absolute atomic E-state index is 12.8. The van der Waals surface area contributed by atoms with Crippen LogP contribution in [0.4, 0.5) is 5.82 Å². The first-order chi connectivity index (χ1) is 14.6. The summed E-state index contributed by atoms with van der Waals surface area (Å²) in [5.74, 6) is 0.763. The third-order valence-corrected chi connectivity index (χ3v) is 5.56. The lowest BCUT2D eigenvalue weighted by atomic mass is 10.1. The topological polar surface area (TPSA) is 91.8 Å². The first-order valence-electron chi connectivity index (χ1n) is 10.0. The fraction of sp³-hybridized carbons (Fsp3) is 0.333. The van der Waals surface area contributed by atoms with Gasteiger partial charge in [0.2, 0.25) is 0 Å². The number of β-amino-alcohol motifs (C(OH)–C–C–N with tert-alkyl or cyclic N) is 1. The van der Waals surface area contributed by atoms with E-state index in [1.165, 1.54) is 0 Å². The van der Waals surface area contributed by atoms with Crippen molar-refractivity contribution in [2.45, 2.75) is 0 Å². The molecule has 0 spiro atoms. The summed E-state index contributed by atoms with van der Waals surface area (Å²) in [4.78, 5) is 26.4. The average molecular weight is 405 g/mol. The number of aliphatic hydroxyl groups is 1. The summed E-state index contributed by atoms with van der Waals surface area (Å²) in [6.45, 7) is 4.21. The van der Waals surface area contributed by atoms with Crippen molar-refractivity contribution in [2.75, 3.05) is 44.2 Å². The van der Waals surface area contributed by atoms with Gasteiger partial charge in [0.05, 0.1) is 30.2 Å². The summed E-state index contributed by atoms with van der Waals surface area (Å²) >= 11 is 0. The fourth-order valence-electron chi connectivity index (χ4n) is 3.96. The van der Waals surface area contributed by atoms with Crippen LogP contribution in [0.1, 0.15) is 0 Å². The van der Waals surface area contributed by atoms with E-state index in [1.807, 2.05) is 31.4 Å². The van der Waals surface area contributed by atoms with Gasteiger partial charge in [-0.15, -0.1) is 0 Å². The fourth-order valence-corrected chi connectivity index (χ4v) is 3.96. The number of aryl methyl sites for hydroxylation is 1. The highest BCUT2D eigenvalue weighted by molar-refractivity contribution is 5.83. The zero-order valence-corrected chi connectivity index (χ0v) is 16.8. The second-order valence-corrected chi connectivity index (χ2v) is 7.58. The number of benzene rings is 1. The Hall–Kier alpha value is -3.30. The average Bonchev–Trinajstić information content (AvgIpc) is 3.13. The van der Waals surface area contributed by atoms with Crippen molar-refractivity contribution >= 4 is 22.4 Å². The number of nitrogens with zero attached hydrogens (tertiary/aromatic N) is 7. The largest absolute Gasteiger partial charge is 0.395 e. The Morgan fingerprint density at radius 3 is 2.73 bits per heavy atom. The second kappa shape index (κ2) is 7.51. The highest BCUT2D eigenvalue weighted by Crippen LogP contribution is 2.22. The van der Waals surface area contributed by atoms with Gasteiger partial charge in [0.15, 0.2) is 5.65 Å². The molecule has 1 aliphatic heterocycles. The maximum atomic E-state index is 12.8. The third-order valence-electron chi connectivity index (χ3n) is 5.56. The van der Waals surface area contributed by atoms with Crippen molar-refractivity contribution in [1.82, 2.24) is 29.0 Å². The van der Waals surface area contributed by atoms with Crippen LogP contribution in [0, 0.1) is 0 Å². The van der Waals surface area contributed by atoms with Crippen molar-refractivity contribution < 1.29 is 5.11 Å². The molecule has 4 aromatic rings. The van der Waals surface area contributed by atoms with Crippen LogP contribution >= 0.6 is 0 Å². The number of piperazine rings is 1. The number of fused-ring (bicyclic) bond motifs is 2. The van der Waals surface area contributed by atoms with Gasteiger partial charge in [-0.3, -0.25) is 18.8 Å². The highest BCUT2D eigenvalue weighted by Gasteiger charge is 2.18. The molecule has 0 radical (unpaired) electrons. The van der Waals surface area contributed by atoms with Gasteiger partial charge in [-0.2, -0.15) is 5.10 Å². The summed E-state index contributed by atoms with van der Waals surface area (Å²) < 4.78 is 3.32. The number of hydrogen-bond acceptors (Lipinski definition) is 7. The molecule has 1 saturated heterocycles. The molecule has 4 heterocycles. The first kappa shape index (κ1) is 18.7. The lowest BCUT2D eigenvalue weighted by Crippen LogP contribution is -2.47. The van der Waals surface area contributed by atoms with E-state index in [2.05, 4.69) is 24.9 Å². The standard InChI is InChI=1S/C21H23N7O2/c1-25-13-16-10-15(2-3-17(16)24-25)18-11-21(30)28-14-20(22-12-19(28)23-18)27-6-4-26(5-7-27)8-9-29/h2-3,10-14,29H,4-9H2,1H3. The molecular formula is C21H23N7O2. The molecule has 5 rings (SSSR count). The van der Waals surface area contributed by atoms with Crippen molar-refractivity contribution in [3.63, 3.8) is 0 Å². The summed E-state index contributed by atoms with van der Waals surface area (Å²) in [6, 6.07) is 7.43. The van der Waals surface area contributed by atoms with Gasteiger partial charge in [0.1, 0.15) is 5.82 Å². The van der Waals surface area contributed by atoms with Gasteiger partial charge in [-0.25, -0.2) is 9.97 Å². The minimum Gasteiger partial charge on any atom is -0.395 e. The Labute approximate surface area is 172 Å². The second-order valence-electron chi connectivity index (χ2n) is 7.58. The molecule has 1 N–H and O–H groups in total. The van der Waals surface area contributed by atoms with Crippen molar-refractivity contribution in [1.29, 1.82) is 0 Å². The van der Waals surface area contributed by atoms with Crippen LogP contribution in [-0.2, 0) is 7.05 Å². The molecule has 30 heavy (non-hydrogen) atoms. The Morgan fingerprint density at radius 1 is 1.10 bits per heavy atom. The Bertz CT molecular complexity index is 1270. The molecular weight excluding hydrogens is 382 g/mol. The molecule has 0 atom stereocenters. The Balaban J connectivity index is 1.46. The Morgan fingerprint density at radius 2 is 1.93 bits per heavy atom. The summed E-state index contributed by atoms with van der Waals surface area (Å²) in [7, 11) is 1.89. The van der Waals surface area contributed by atoms with E-state index < -0.39 is 0 Å². The van der Waals surface area contributed by atoms with Gasteiger partial charge in [0.25, 0.3) is 5.56 Å². The maximum Gasteiger partial charge on any atom is 0.258 e. The first-order valence-corrected chi connectivity index (χ1v) is 10.0. The molecule has 0 amide bonds. The summed E-state index contributed by atoms with van der Waals surface area (Å²) in [5.41, 5.74) is 2.79. The monoisotopic (exact) mass is 405 g/mol. The van der Waals surface area contributed by atoms with Crippen LogP contribution in [0.25, 0.3) is 27.8 Å². The normalized spacial score (nSPS) is 15.3. The molecule has 9 nitrogen and oxygen atoms in total. The van der Waals surface area contributed by atoms with E-state index >= 15 is 0 Å². The van der Waals surface area contributed by atoms with E-state index in [4.69, 9.17) is 5.11 Å². The molecule has 9 heteroatoms. The number of hydrogen-bond donors (Lipinski definition) is 1. The van der Waals surface area contributed by atoms with Crippen molar-refractivity contribution in [3.8, 4) is 11.3 Å². The van der Waals surface area contributed by atoms with Gasteiger partial charge in [0, 0.05) is 63.0 Å². The molecule has 0 unspecified atom stereocenters. The molecule has 1 aromatic carbocycles. The van der Waals surface area contributed by atoms with Gasteiger partial charge < -0.3 is 10.0 Å². The SMILES string of the molecule is Cn1cc2cc(-c3cc(=O)n4cc(N5CCN(CCO)CC5)ncc4n3)ccc2n1. The minimum atomic E-state index is -0.135. The zero-order chi connectivity index (χ0) is 20.7. The van der Waals surface area contributed by atoms with Crippen LogP contribution in [0.5, 0.6) is 0 Å². The zero-order valence-electron chi connectivity index (χ0n) is 16.8. The molecule has 1 fully saturated rings. The van der Waals surface area contributed by atoms with E-state index in [0.717, 1.165) is 48.5 Å². The molecule has 0 aliphatic carbocycles. The number of aliphatic hydroxyl groups excluding tert-OH is 1. The predicted molar refractivity (Wildman–Crippen MR) is 115 cm³/mol. The van der Waals surface area contributed by atoms with Crippen LogP contribution in [0.15, 0.2) is 47.7 Å². The van der Waals surface area contributed by atoms with E-state index in [-0.39, 0.29) is 12.2 Å². The van der Waals surface area contributed by atoms with Crippen LogP contribution < -0.4 is 10.5 Å². The summed E-state index contributed by atoms with van der Waals surface area (Å²) in [5, 5.41) is 14.5. The van der Waals surface area contributed by atoms with Gasteiger partial charge >= 0.3 is 0 Å². The van der Waals surface area contributed by atoms with Crippen LogP contribution in [0.2, 0.25) is 0 Å². The van der Waals surface area contributed by atoms with E-state index in [1.54, 1.807) is 27.5 Å². The molecule has 3 aromatic heterocycles. The third kappa shape index (κ3) is 3.42.